The van der Waals surface area contributed by atoms with E-state index in [1.54, 1.807) is 21.3 Å². The second kappa shape index (κ2) is 12.4. The number of amides is 2. The maximum Gasteiger partial charge on any atom is 0.242 e. The number of hydrogen-bond donors (Lipinski definition) is 3. The van der Waals surface area contributed by atoms with Crippen molar-refractivity contribution >= 4 is 24.4 Å². The van der Waals surface area contributed by atoms with E-state index < -0.39 is 6.04 Å². The third kappa shape index (κ3) is 7.19. The average Bonchev–Trinajstić information content (AvgIpc) is 2.79. The van der Waals surface area contributed by atoms with Gasteiger partial charge in [-0.15, -0.1) is 12.6 Å². The van der Waals surface area contributed by atoms with Crippen LogP contribution in [0.1, 0.15) is 31.4 Å². The average molecular weight is 459 g/mol. The maximum absolute atomic E-state index is 13.3. The molecule has 0 heterocycles. The first-order valence-electron chi connectivity index (χ1n) is 10.8. The fourth-order valence-electron chi connectivity index (χ4n) is 3.69. The topological polar surface area (TPSA) is 76.7 Å². The van der Waals surface area contributed by atoms with Gasteiger partial charge in [0.05, 0.1) is 14.2 Å². The predicted molar refractivity (Wildman–Crippen MR) is 130 cm³/mol. The van der Waals surface area contributed by atoms with Crippen LogP contribution in [0, 0.1) is 11.8 Å². The lowest BCUT2D eigenvalue weighted by Crippen LogP contribution is -2.49. The summed E-state index contributed by atoms with van der Waals surface area (Å²) in [6.45, 7) is 4.17. The Morgan fingerprint density at radius 3 is 2.22 bits per heavy atom. The monoisotopic (exact) mass is 458 g/mol. The highest BCUT2D eigenvalue weighted by molar-refractivity contribution is 7.80. The Labute approximate surface area is 196 Å². The number of thiol groups is 1. The second-order valence-corrected chi connectivity index (χ2v) is 8.67. The fraction of sp³-hybridized carbons (Fsp3) is 0.440. The Morgan fingerprint density at radius 2 is 1.66 bits per heavy atom. The van der Waals surface area contributed by atoms with Crippen LogP contribution in [0.15, 0.2) is 47.4 Å². The highest BCUT2D eigenvalue weighted by Gasteiger charge is 2.27. The molecule has 0 fully saturated rings. The zero-order chi connectivity index (χ0) is 23.7. The van der Waals surface area contributed by atoms with Gasteiger partial charge in [0, 0.05) is 24.3 Å². The number of benzene rings is 2. The van der Waals surface area contributed by atoms with E-state index in [1.165, 1.54) is 0 Å². The Balaban J connectivity index is 2.21. The molecule has 0 aromatic heterocycles. The number of rotatable bonds is 11. The molecule has 0 saturated heterocycles. The summed E-state index contributed by atoms with van der Waals surface area (Å²) in [5, 5.41) is 5.64. The summed E-state index contributed by atoms with van der Waals surface area (Å²) in [5.74, 6) is 1.07. The lowest BCUT2D eigenvalue weighted by Gasteiger charge is -2.24. The molecule has 0 bridgehead atoms. The molecule has 0 aliphatic heterocycles. The molecule has 0 aliphatic rings. The van der Waals surface area contributed by atoms with Gasteiger partial charge in [0.1, 0.15) is 17.5 Å². The number of hydrogen-bond acceptors (Lipinski definition) is 5. The van der Waals surface area contributed by atoms with E-state index in [0.29, 0.717) is 30.9 Å². The quantitative estimate of drug-likeness (QED) is 0.449. The van der Waals surface area contributed by atoms with Crippen molar-refractivity contribution in [1.29, 1.82) is 0 Å². The normalized spacial score (nSPS) is 12.7. The molecule has 0 radical (unpaired) electrons. The minimum absolute atomic E-state index is 0.142. The zero-order valence-electron chi connectivity index (χ0n) is 19.5. The molecule has 2 N–H and O–H groups in total. The van der Waals surface area contributed by atoms with Crippen LogP contribution in [0.3, 0.4) is 0 Å². The maximum atomic E-state index is 13.3. The molecule has 0 unspecified atom stereocenters. The van der Waals surface area contributed by atoms with Crippen LogP contribution in [0.25, 0.3) is 0 Å². The number of likely N-dealkylation sites (N-methyl/N-ethyl adjacent to an activating group) is 1. The Bertz CT molecular complexity index is 899. The van der Waals surface area contributed by atoms with Gasteiger partial charge in [-0.1, -0.05) is 38.1 Å². The van der Waals surface area contributed by atoms with Crippen molar-refractivity contribution in [2.75, 3.05) is 21.3 Å². The third-order valence-electron chi connectivity index (χ3n) is 5.37. The number of ether oxygens (including phenoxy) is 2. The summed E-state index contributed by atoms with van der Waals surface area (Å²) in [5.41, 5.74) is 1.88. The van der Waals surface area contributed by atoms with Crippen molar-refractivity contribution in [3.05, 3.63) is 53.6 Å². The van der Waals surface area contributed by atoms with Gasteiger partial charge in [0.2, 0.25) is 11.8 Å². The third-order valence-corrected chi connectivity index (χ3v) is 5.88. The number of methoxy groups -OCH3 is 2. The molecule has 6 nitrogen and oxygen atoms in total. The molecule has 2 amide bonds. The molecule has 0 saturated carbocycles. The molecule has 2 aromatic carbocycles. The molecular weight excluding hydrogens is 424 g/mol. The van der Waals surface area contributed by atoms with E-state index >= 15 is 0 Å². The highest BCUT2D eigenvalue weighted by atomic mass is 32.1. The molecule has 2 rings (SSSR count). The smallest absolute Gasteiger partial charge is 0.242 e. The van der Waals surface area contributed by atoms with Crippen LogP contribution in [0.4, 0.5) is 0 Å². The van der Waals surface area contributed by atoms with E-state index in [9.17, 15) is 9.59 Å². The summed E-state index contributed by atoms with van der Waals surface area (Å²) in [6, 6.07) is 12.5. The number of carbonyl (C=O) groups is 2. The number of carbonyl (C=O) groups excluding carboxylic acids is 2. The molecule has 174 valence electrons. The lowest BCUT2D eigenvalue weighted by molar-refractivity contribution is -0.131. The highest BCUT2D eigenvalue weighted by Crippen LogP contribution is 2.29. The van der Waals surface area contributed by atoms with Gasteiger partial charge < -0.3 is 20.1 Å². The Kier molecular flexibility index (Phi) is 9.91. The van der Waals surface area contributed by atoms with Crippen LogP contribution in [0.2, 0.25) is 0 Å². The SMILES string of the molecule is CNC(=O)[C@H](Cc1ccc(OC)cc1)NC(=O)[C@H](Cc1cccc(OC)c1S)CC(C)C. The van der Waals surface area contributed by atoms with Crippen LogP contribution >= 0.6 is 12.6 Å². The summed E-state index contributed by atoms with van der Waals surface area (Å²) in [6.07, 6.45) is 1.60. The summed E-state index contributed by atoms with van der Waals surface area (Å²) >= 11 is 4.59. The molecular formula is C25H34N2O4S. The van der Waals surface area contributed by atoms with E-state index in [4.69, 9.17) is 9.47 Å². The van der Waals surface area contributed by atoms with Crippen molar-refractivity contribution in [3.8, 4) is 11.5 Å². The minimum atomic E-state index is -0.670. The van der Waals surface area contributed by atoms with Gasteiger partial charge in [0.25, 0.3) is 0 Å². The Morgan fingerprint density at radius 1 is 0.969 bits per heavy atom. The van der Waals surface area contributed by atoms with Gasteiger partial charge in [0.15, 0.2) is 0 Å². The molecule has 2 aromatic rings. The van der Waals surface area contributed by atoms with Crippen LogP contribution in [-0.4, -0.2) is 39.1 Å². The summed E-state index contributed by atoms with van der Waals surface area (Å²) in [7, 11) is 4.78. The van der Waals surface area contributed by atoms with E-state index in [0.717, 1.165) is 21.8 Å². The largest absolute Gasteiger partial charge is 0.497 e. The molecule has 2 atom stereocenters. The van der Waals surface area contributed by atoms with E-state index in [1.807, 2.05) is 42.5 Å². The predicted octanol–water partition coefficient (Wildman–Crippen LogP) is 3.67. The van der Waals surface area contributed by atoms with Gasteiger partial charge in [-0.2, -0.15) is 0 Å². The molecule has 7 heteroatoms. The molecule has 32 heavy (non-hydrogen) atoms. The van der Waals surface area contributed by atoms with Crippen molar-refractivity contribution in [1.82, 2.24) is 10.6 Å². The molecule has 0 aliphatic carbocycles. The van der Waals surface area contributed by atoms with Crippen LogP contribution in [-0.2, 0) is 22.4 Å². The van der Waals surface area contributed by atoms with E-state index in [-0.39, 0.29) is 17.7 Å². The van der Waals surface area contributed by atoms with Crippen molar-refractivity contribution in [2.24, 2.45) is 11.8 Å². The van der Waals surface area contributed by atoms with Crippen molar-refractivity contribution < 1.29 is 19.1 Å². The van der Waals surface area contributed by atoms with Crippen LogP contribution < -0.4 is 20.1 Å². The first-order valence-corrected chi connectivity index (χ1v) is 11.2. The van der Waals surface area contributed by atoms with Crippen LogP contribution in [0.5, 0.6) is 11.5 Å². The first kappa shape index (κ1) is 25.6. The van der Waals surface area contributed by atoms with Gasteiger partial charge in [-0.05, 0) is 48.1 Å². The van der Waals surface area contributed by atoms with Crippen molar-refractivity contribution in [2.45, 2.75) is 44.0 Å². The van der Waals surface area contributed by atoms with Crippen molar-refractivity contribution in [3.63, 3.8) is 0 Å². The van der Waals surface area contributed by atoms with Gasteiger partial charge >= 0.3 is 0 Å². The Hall–Kier alpha value is -2.67. The van der Waals surface area contributed by atoms with Gasteiger partial charge in [-0.25, -0.2) is 0 Å². The number of nitrogens with one attached hydrogen (secondary N) is 2. The summed E-state index contributed by atoms with van der Waals surface area (Å²) in [4.78, 5) is 26.6. The minimum Gasteiger partial charge on any atom is -0.497 e. The summed E-state index contributed by atoms with van der Waals surface area (Å²) < 4.78 is 10.6. The first-order chi connectivity index (χ1) is 15.3. The van der Waals surface area contributed by atoms with E-state index in [2.05, 4.69) is 37.1 Å². The standard InChI is InChI=1S/C25H34N2O4S/c1-16(2)13-19(15-18-7-6-8-22(31-5)23(18)32)24(28)27-21(25(29)26-3)14-17-9-11-20(30-4)12-10-17/h6-12,16,19,21,32H,13-15H2,1-5H3,(H,26,29)(H,27,28)/t19-,21-/m0/s1. The lowest BCUT2D eigenvalue weighted by atomic mass is 9.89. The van der Waals surface area contributed by atoms with Gasteiger partial charge in [-0.3, -0.25) is 9.59 Å². The fourth-order valence-corrected chi connectivity index (χ4v) is 4.02. The second-order valence-electron chi connectivity index (χ2n) is 8.23. The zero-order valence-corrected chi connectivity index (χ0v) is 20.4. The molecule has 0 spiro atoms.